The summed E-state index contributed by atoms with van der Waals surface area (Å²) in [5.74, 6) is 2.23. The first kappa shape index (κ1) is 17.1. The molecule has 5 atom stereocenters. The average Bonchev–Trinajstić information content (AvgIpc) is 2.96. The molecule has 25 heavy (non-hydrogen) atoms. The zero-order valence-electron chi connectivity index (χ0n) is 15.7. The zero-order chi connectivity index (χ0) is 17.4. The van der Waals surface area contributed by atoms with Gasteiger partial charge in [-0.1, -0.05) is 38.5 Å². The fourth-order valence-electron chi connectivity index (χ4n) is 6.14. The predicted molar refractivity (Wildman–Crippen MR) is 99.3 cm³/mol. The standard InChI is InChI=1S/C23H31O2/c1-3-4-9-22(24)25-21-13-12-20-19-11-10-16-7-5-6-8-17(16)18(19)14-15-23(20,21)2/h6-8,18-21H,3-4,9-15H2,1-2H3/t18-,19-,20+,21+,23+/m1/s1. The molecule has 0 aliphatic heterocycles. The second-order valence-electron chi connectivity index (χ2n) is 8.74. The molecule has 0 aromatic heterocycles. The Kier molecular flexibility index (Phi) is 4.64. The Morgan fingerprint density at radius 2 is 2.20 bits per heavy atom. The Balaban J connectivity index is 1.51. The number of hydrogen-bond acceptors (Lipinski definition) is 2. The third-order valence-corrected chi connectivity index (χ3v) is 7.49. The van der Waals surface area contributed by atoms with Crippen LogP contribution in [0.4, 0.5) is 0 Å². The summed E-state index contributed by atoms with van der Waals surface area (Å²) in [6.45, 7) is 4.53. The maximum Gasteiger partial charge on any atom is 0.306 e. The van der Waals surface area contributed by atoms with E-state index in [-0.39, 0.29) is 17.5 Å². The van der Waals surface area contributed by atoms with Gasteiger partial charge in [-0.25, -0.2) is 0 Å². The molecule has 0 saturated heterocycles. The first-order valence-corrected chi connectivity index (χ1v) is 10.3. The van der Waals surface area contributed by atoms with Crippen LogP contribution in [0, 0.1) is 23.3 Å². The summed E-state index contributed by atoms with van der Waals surface area (Å²) >= 11 is 0. The number of unbranched alkanes of at least 4 members (excludes halogenated alkanes) is 1. The van der Waals surface area contributed by atoms with E-state index >= 15 is 0 Å². The second-order valence-corrected chi connectivity index (χ2v) is 8.74. The number of fused-ring (bicyclic) bond motifs is 5. The maximum absolute atomic E-state index is 12.2. The minimum atomic E-state index is 0.0281. The van der Waals surface area contributed by atoms with Crippen LogP contribution in [0.2, 0.25) is 0 Å². The highest BCUT2D eigenvalue weighted by Gasteiger charge is 2.56. The van der Waals surface area contributed by atoms with E-state index in [1.54, 1.807) is 5.56 Å². The van der Waals surface area contributed by atoms with Crippen molar-refractivity contribution in [1.29, 1.82) is 0 Å². The van der Waals surface area contributed by atoms with Crippen molar-refractivity contribution in [3.8, 4) is 0 Å². The summed E-state index contributed by atoms with van der Waals surface area (Å²) in [6.07, 6.45) is 9.98. The van der Waals surface area contributed by atoms with E-state index in [0.29, 0.717) is 18.3 Å². The van der Waals surface area contributed by atoms with E-state index in [0.717, 1.165) is 25.2 Å². The van der Waals surface area contributed by atoms with Gasteiger partial charge in [0, 0.05) is 11.8 Å². The predicted octanol–water partition coefficient (Wildman–Crippen LogP) is 5.44. The van der Waals surface area contributed by atoms with E-state index in [9.17, 15) is 4.79 Å². The topological polar surface area (TPSA) is 26.3 Å². The van der Waals surface area contributed by atoms with Crippen molar-refractivity contribution in [1.82, 2.24) is 0 Å². The fraction of sp³-hybridized carbons (Fsp3) is 0.696. The van der Waals surface area contributed by atoms with Crippen molar-refractivity contribution in [3.05, 3.63) is 35.4 Å². The molecule has 0 amide bonds. The number of aryl methyl sites for hydroxylation is 1. The summed E-state index contributed by atoms with van der Waals surface area (Å²) in [7, 11) is 0. The summed E-state index contributed by atoms with van der Waals surface area (Å²) in [6, 6.07) is 9.86. The van der Waals surface area contributed by atoms with Crippen LogP contribution in [-0.4, -0.2) is 12.1 Å². The molecule has 1 radical (unpaired) electrons. The van der Waals surface area contributed by atoms with Gasteiger partial charge in [0.25, 0.3) is 0 Å². The SMILES string of the molecule is CCCCC(=O)O[C@H]1CC[C@H]2[C@@H]3CCc4c[c]ccc4[C@H]3CC[C@]12C. The van der Waals surface area contributed by atoms with Crippen molar-refractivity contribution in [2.75, 3.05) is 0 Å². The van der Waals surface area contributed by atoms with Gasteiger partial charge in [-0.2, -0.15) is 0 Å². The Hall–Kier alpha value is -1.31. The molecule has 0 spiro atoms. The first-order chi connectivity index (χ1) is 12.1. The number of hydrogen-bond donors (Lipinski definition) is 0. The van der Waals surface area contributed by atoms with Crippen molar-refractivity contribution >= 4 is 5.97 Å². The highest BCUT2D eigenvalue weighted by Crippen LogP contribution is 2.61. The summed E-state index contributed by atoms with van der Waals surface area (Å²) in [5.41, 5.74) is 3.30. The van der Waals surface area contributed by atoms with Gasteiger partial charge >= 0.3 is 5.97 Å². The summed E-state index contributed by atoms with van der Waals surface area (Å²) in [4.78, 5) is 12.2. The third-order valence-electron chi connectivity index (χ3n) is 7.49. The molecule has 2 heteroatoms. The number of ether oxygens (including phenoxy) is 1. The smallest absolute Gasteiger partial charge is 0.306 e. The largest absolute Gasteiger partial charge is 0.462 e. The molecule has 2 saturated carbocycles. The Labute approximate surface area is 152 Å². The van der Waals surface area contributed by atoms with Crippen molar-refractivity contribution < 1.29 is 9.53 Å². The van der Waals surface area contributed by atoms with E-state index in [2.05, 4.69) is 38.1 Å². The summed E-state index contributed by atoms with van der Waals surface area (Å²) < 4.78 is 5.99. The molecule has 2 fully saturated rings. The quantitative estimate of drug-likeness (QED) is 0.682. The number of carbonyl (C=O) groups excluding carboxylic acids is 1. The average molecular weight is 339 g/mol. The minimum Gasteiger partial charge on any atom is -0.462 e. The molecule has 1 aromatic carbocycles. The van der Waals surface area contributed by atoms with E-state index in [1.807, 2.05) is 0 Å². The monoisotopic (exact) mass is 339 g/mol. The normalized spacial score (nSPS) is 36.2. The lowest BCUT2D eigenvalue weighted by molar-refractivity contribution is -0.157. The minimum absolute atomic E-state index is 0.0281. The number of rotatable bonds is 4. The maximum atomic E-state index is 12.2. The molecule has 1 aromatic rings. The molecule has 2 nitrogen and oxygen atoms in total. The Morgan fingerprint density at radius 1 is 1.32 bits per heavy atom. The van der Waals surface area contributed by atoms with Crippen LogP contribution in [0.5, 0.6) is 0 Å². The van der Waals surface area contributed by atoms with Crippen molar-refractivity contribution in [2.24, 2.45) is 17.3 Å². The van der Waals surface area contributed by atoms with Crippen LogP contribution < -0.4 is 0 Å². The fourth-order valence-corrected chi connectivity index (χ4v) is 6.14. The molecule has 0 N–H and O–H groups in total. The summed E-state index contributed by atoms with van der Waals surface area (Å²) in [5, 5.41) is 0. The van der Waals surface area contributed by atoms with Crippen LogP contribution >= 0.6 is 0 Å². The Morgan fingerprint density at radius 3 is 3.04 bits per heavy atom. The van der Waals surface area contributed by atoms with E-state index < -0.39 is 0 Å². The van der Waals surface area contributed by atoms with Crippen LogP contribution in [0.3, 0.4) is 0 Å². The second kappa shape index (κ2) is 6.78. The number of esters is 1. The zero-order valence-corrected chi connectivity index (χ0v) is 15.7. The van der Waals surface area contributed by atoms with E-state index in [4.69, 9.17) is 4.74 Å². The highest BCUT2D eigenvalue weighted by atomic mass is 16.5. The Bertz CT molecular complexity index is 637. The molecule has 3 aliphatic carbocycles. The molecule has 0 heterocycles. The molecule has 0 bridgehead atoms. The van der Waals surface area contributed by atoms with Gasteiger partial charge in [0.05, 0.1) is 0 Å². The molecule has 3 aliphatic rings. The number of benzene rings is 1. The lowest BCUT2D eigenvalue weighted by atomic mass is 9.55. The molecule has 4 rings (SSSR count). The van der Waals surface area contributed by atoms with Crippen LogP contribution in [-0.2, 0) is 16.0 Å². The van der Waals surface area contributed by atoms with Gasteiger partial charge in [0.2, 0.25) is 0 Å². The number of carbonyl (C=O) groups is 1. The highest BCUT2D eigenvalue weighted by molar-refractivity contribution is 5.69. The lowest BCUT2D eigenvalue weighted by Gasteiger charge is -2.50. The molecular formula is C23H31O2. The van der Waals surface area contributed by atoms with E-state index in [1.165, 1.54) is 37.7 Å². The van der Waals surface area contributed by atoms with Crippen molar-refractivity contribution in [2.45, 2.75) is 83.7 Å². The third kappa shape index (κ3) is 2.92. The van der Waals surface area contributed by atoms with Gasteiger partial charge in [-0.05, 0) is 79.9 Å². The van der Waals surface area contributed by atoms with Crippen LogP contribution in [0.15, 0.2) is 18.2 Å². The van der Waals surface area contributed by atoms with Gasteiger partial charge in [0.1, 0.15) is 6.10 Å². The van der Waals surface area contributed by atoms with Gasteiger partial charge in [-0.3, -0.25) is 4.79 Å². The van der Waals surface area contributed by atoms with Crippen LogP contribution in [0.1, 0.15) is 82.3 Å². The molecule has 135 valence electrons. The van der Waals surface area contributed by atoms with Crippen LogP contribution in [0.25, 0.3) is 0 Å². The first-order valence-electron chi connectivity index (χ1n) is 10.3. The van der Waals surface area contributed by atoms with Gasteiger partial charge in [0.15, 0.2) is 0 Å². The van der Waals surface area contributed by atoms with Gasteiger partial charge < -0.3 is 4.74 Å². The van der Waals surface area contributed by atoms with Crippen molar-refractivity contribution in [3.63, 3.8) is 0 Å². The van der Waals surface area contributed by atoms with Gasteiger partial charge in [-0.15, -0.1) is 0 Å². The molecular weight excluding hydrogens is 308 g/mol. The molecule has 0 unspecified atom stereocenters. The lowest BCUT2D eigenvalue weighted by Crippen LogP contribution is -2.45.